The highest BCUT2D eigenvalue weighted by Gasteiger charge is 2.40. The molecule has 1 fully saturated rings. The fourth-order valence-corrected chi connectivity index (χ4v) is 1.87. The summed E-state index contributed by atoms with van der Waals surface area (Å²) in [7, 11) is 2.70. The number of hydrogen-bond acceptors (Lipinski definition) is 6. The molecule has 98 valence electrons. The van der Waals surface area contributed by atoms with E-state index in [1.54, 1.807) is 0 Å². The van der Waals surface area contributed by atoms with Crippen LogP contribution in [0.1, 0.15) is 19.3 Å². The van der Waals surface area contributed by atoms with E-state index in [4.69, 9.17) is 9.47 Å². The zero-order chi connectivity index (χ0) is 12.7. The lowest BCUT2D eigenvalue weighted by Gasteiger charge is -2.35. The molecule has 0 spiro atoms. The third kappa shape index (κ3) is 3.67. The van der Waals surface area contributed by atoms with E-state index in [1.165, 1.54) is 14.2 Å². The summed E-state index contributed by atoms with van der Waals surface area (Å²) in [6, 6.07) is 0. The third-order valence-corrected chi connectivity index (χ3v) is 2.94. The number of nitrogens with one attached hydrogen (secondary N) is 1. The monoisotopic (exact) mass is 245 g/mol. The molecule has 1 saturated heterocycles. The van der Waals surface area contributed by atoms with Crippen molar-refractivity contribution in [2.45, 2.75) is 24.8 Å². The van der Waals surface area contributed by atoms with Crippen molar-refractivity contribution < 1.29 is 23.8 Å². The highest BCUT2D eigenvalue weighted by atomic mass is 16.5. The summed E-state index contributed by atoms with van der Waals surface area (Å²) < 4.78 is 14.6. The lowest BCUT2D eigenvalue weighted by atomic mass is 9.90. The van der Waals surface area contributed by atoms with Crippen LogP contribution in [0.3, 0.4) is 0 Å². The Labute approximate surface area is 101 Å². The largest absolute Gasteiger partial charge is 0.469 e. The number of ether oxygens (including phenoxy) is 3. The summed E-state index contributed by atoms with van der Waals surface area (Å²) >= 11 is 0. The molecule has 1 aliphatic heterocycles. The Hall–Kier alpha value is -1.14. The maximum atomic E-state index is 11.8. The van der Waals surface area contributed by atoms with Crippen molar-refractivity contribution in [1.82, 2.24) is 5.32 Å². The van der Waals surface area contributed by atoms with Crippen molar-refractivity contribution in [3.05, 3.63) is 0 Å². The predicted octanol–water partition coefficient (Wildman–Crippen LogP) is -0.139. The Bertz CT molecular complexity index is 273. The van der Waals surface area contributed by atoms with E-state index in [9.17, 15) is 9.59 Å². The first-order chi connectivity index (χ1) is 8.14. The molecule has 0 aromatic carbocycles. The number of esters is 2. The van der Waals surface area contributed by atoms with Crippen LogP contribution in [-0.2, 0) is 23.8 Å². The summed E-state index contributed by atoms with van der Waals surface area (Å²) in [5, 5.41) is 3.10. The summed E-state index contributed by atoms with van der Waals surface area (Å²) in [5.74, 6) is -0.602. The minimum absolute atomic E-state index is 0.232. The predicted molar refractivity (Wildman–Crippen MR) is 59.4 cm³/mol. The second-order valence-electron chi connectivity index (χ2n) is 3.94. The average Bonchev–Trinajstić information content (AvgIpc) is 2.38. The summed E-state index contributed by atoms with van der Waals surface area (Å²) in [5.41, 5.74) is -0.721. The molecule has 6 heteroatoms. The molecule has 0 amide bonds. The number of carbonyl (C=O) groups is 2. The van der Waals surface area contributed by atoms with Gasteiger partial charge in [0.1, 0.15) is 5.54 Å². The molecule has 17 heavy (non-hydrogen) atoms. The third-order valence-electron chi connectivity index (χ3n) is 2.94. The van der Waals surface area contributed by atoms with Crippen molar-refractivity contribution in [2.24, 2.45) is 0 Å². The molecule has 0 unspecified atom stereocenters. The van der Waals surface area contributed by atoms with Gasteiger partial charge in [0.2, 0.25) is 0 Å². The Morgan fingerprint density at radius 3 is 2.41 bits per heavy atom. The van der Waals surface area contributed by atoms with Gasteiger partial charge < -0.3 is 19.5 Å². The summed E-state index contributed by atoms with van der Waals surface area (Å²) in [4.78, 5) is 22.8. The molecule has 0 bridgehead atoms. The number of rotatable bonds is 5. The minimum Gasteiger partial charge on any atom is -0.469 e. The standard InChI is InChI=1S/C11H19NO5/c1-15-9(13)3-6-12-11(10(14)16-2)4-7-17-8-5-11/h12H,3-8H2,1-2H3. The van der Waals surface area contributed by atoms with Gasteiger partial charge in [-0.15, -0.1) is 0 Å². The van der Waals surface area contributed by atoms with Crippen molar-refractivity contribution in [3.63, 3.8) is 0 Å². The molecule has 1 heterocycles. The van der Waals surface area contributed by atoms with Crippen molar-refractivity contribution in [2.75, 3.05) is 34.0 Å². The van der Waals surface area contributed by atoms with Gasteiger partial charge in [-0.2, -0.15) is 0 Å². The molecule has 6 nitrogen and oxygen atoms in total. The Kier molecular flexibility index (Phi) is 5.37. The van der Waals surface area contributed by atoms with Crippen LogP contribution in [0, 0.1) is 0 Å². The highest BCUT2D eigenvalue weighted by molar-refractivity contribution is 5.81. The molecule has 0 aromatic heterocycles. The normalized spacial score (nSPS) is 18.5. The van der Waals surface area contributed by atoms with E-state index >= 15 is 0 Å². The summed E-state index contributed by atoms with van der Waals surface area (Å²) in [6.45, 7) is 1.42. The van der Waals surface area contributed by atoms with Crippen LogP contribution in [0.25, 0.3) is 0 Å². The van der Waals surface area contributed by atoms with E-state index < -0.39 is 5.54 Å². The van der Waals surface area contributed by atoms with Crippen LogP contribution < -0.4 is 5.32 Å². The van der Waals surface area contributed by atoms with Gasteiger partial charge in [-0.05, 0) is 12.8 Å². The van der Waals surface area contributed by atoms with Gasteiger partial charge in [0.15, 0.2) is 0 Å². The number of methoxy groups -OCH3 is 2. The minimum atomic E-state index is -0.721. The Balaban J connectivity index is 2.52. The fourth-order valence-electron chi connectivity index (χ4n) is 1.87. The van der Waals surface area contributed by atoms with Crippen LogP contribution in [-0.4, -0.2) is 51.5 Å². The average molecular weight is 245 g/mol. The van der Waals surface area contributed by atoms with E-state index in [1.807, 2.05) is 0 Å². The maximum Gasteiger partial charge on any atom is 0.326 e. The number of hydrogen-bond donors (Lipinski definition) is 1. The number of carbonyl (C=O) groups excluding carboxylic acids is 2. The fraction of sp³-hybridized carbons (Fsp3) is 0.818. The van der Waals surface area contributed by atoms with Crippen molar-refractivity contribution in [3.8, 4) is 0 Å². The summed E-state index contributed by atoms with van der Waals surface area (Å²) in [6.07, 6.45) is 1.35. The van der Waals surface area contributed by atoms with E-state index in [0.29, 0.717) is 32.6 Å². The molecule has 1 rings (SSSR count). The molecule has 0 aliphatic carbocycles. The zero-order valence-electron chi connectivity index (χ0n) is 10.3. The second kappa shape index (κ2) is 6.56. The molecule has 1 aliphatic rings. The molecule has 0 radical (unpaired) electrons. The van der Waals surface area contributed by atoms with Gasteiger partial charge in [-0.25, -0.2) is 0 Å². The zero-order valence-corrected chi connectivity index (χ0v) is 10.3. The Morgan fingerprint density at radius 1 is 1.24 bits per heavy atom. The highest BCUT2D eigenvalue weighted by Crippen LogP contribution is 2.22. The molecule has 0 saturated carbocycles. The van der Waals surface area contributed by atoms with Crippen LogP contribution in [0.4, 0.5) is 0 Å². The molecular formula is C11H19NO5. The molecule has 0 atom stereocenters. The van der Waals surface area contributed by atoms with E-state index in [0.717, 1.165) is 0 Å². The van der Waals surface area contributed by atoms with Gasteiger partial charge in [0, 0.05) is 19.8 Å². The van der Waals surface area contributed by atoms with Crippen LogP contribution in [0.5, 0.6) is 0 Å². The first-order valence-electron chi connectivity index (χ1n) is 5.62. The van der Waals surface area contributed by atoms with Gasteiger partial charge in [-0.3, -0.25) is 9.59 Å². The second-order valence-corrected chi connectivity index (χ2v) is 3.94. The van der Waals surface area contributed by atoms with E-state index in [-0.39, 0.29) is 18.4 Å². The van der Waals surface area contributed by atoms with Crippen molar-refractivity contribution in [1.29, 1.82) is 0 Å². The molecule has 1 N–H and O–H groups in total. The van der Waals surface area contributed by atoms with Crippen molar-refractivity contribution >= 4 is 11.9 Å². The lowest BCUT2D eigenvalue weighted by molar-refractivity contribution is -0.153. The van der Waals surface area contributed by atoms with Gasteiger partial charge in [-0.1, -0.05) is 0 Å². The topological polar surface area (TPSA) is 73.9 Å². The van der Waals surface area contributed by atoms with E-state index in [2.05, 4.69) is 10.1 Å². The van der Waals surface area contributed by atoms with Gasteiger partial charge in [0.25, 0.3) is 0 Å². The lowest BCUT2D eigenvalue weighted by Crippen LogP contribution is -2.56. The van der Waals surface area contributed by atoms with Gasteiger partial charge in [0.05, 0.1) is 20.6 Å². The first kappa shape index (κ1) is 13.9. The first-order valence-corrected chi connectivity index (χ1v) is 5.62. The molecular weight excluding hydrogens is 226 g/mol. The van der Waals surface area contributed by atoms with Crippen LogP contribution >= 0.6 is 0 Å². The molecule has 0 aromatic rings. The smallest absolute Gasteiger partial charge is 0.326 e. The van der Waals surface area contributed by atoms with Crippen LogP contribution in [0.15, 0.2) is 0 Å². The Morgan fingerprint density at radius 2 is 1.88 bits per heavy atom. The quantitative estimate of drug-likeness (QED) is 0.680. The maximum absolute atomic E-state index is 11.8. The van der Waals surface area contributed by atoms with Gasteiger partial charge >= 0.3 is 11.9 Å². The SMILES string of the molecule is COC(=O)CCNC1(C(=O)OC)CCOCC1. The van der Waals surface area contributed by atoms with Crippen LogP contribution in [0.2, 0.25) is 0 Å².